The first-order valence-corrected chi connectivity index (χ1v) is 9.98. The van der Waals surface area contributed by atoms with Gasteiger partial charge in [0.25, 0.3) is 5.91 Å². The van der Waals surface area contributed by atoms with Crippen LogP contribution in [0, 0.1) is 0 Å². The highest BCUT2D eigenvalue weighted by Crippen LogP contribution is 2.28. The van der Waals surface area contributed by atoms with Crippen molar-refractivity contribution in [3.63, 3.8) is 0 Å². The van der Waals surface area contributed by atoms with Crippen LogP contribution in [-0.2, 0) is 9.59 Å². The number of nitrogens with zero attached hydrogens (tertiary/aromatic N) is 5. The summed E-state index contributed by atoms with van der Waals surface area (Å²) in [4.78, 5) is 31.4. The van der Waals surface area contributed by atoms with Crippen LogP contribution in [0.3, 0.4) is 0 Å². The molecule has 0 saturated carbocycles. The third kappa shape index (κ3) is 4.41. The summed E-state index contributed by atoms with van der Waals surface area (Å²) in [5.41, 5.74) is 2.03. The van der Waals surface area contributed by atoms with Gasteiger partial charge >= 0.3 is 0 Å². The summed E-state index contributed by atoms with van der Waals surface area (Å²) in [6.07, 6.45) is 1.26. The van der Waals surface area contributed by atoms with E-state index in [1.54, 1.807) is 24.3 Å². The monoisotopic (exact) mass is 391 g/mol. The lowest BCUT2D eigenvalue weighted by Crippen LogP contribution is -2.43. The van der Waals surface area contributed by atoms with Crippen LogP contribution in [0.5, 0.6) is 0 Å². The topological polar surface area (TPSA) is 68.6 Å². The maximum atomic E-state index is 13.0. The number of hydrogen-bond acceptors (Lipinski definition) is 6. The number of likely N-dealkylation sites (N-methyl/N-ethyl adjacent to an activating group) is 1. The van der Waals surface area contributed by atoms with Crippen molar-refractivity contribution in [3.8, 4) is 0 Å². The van der Waals surface area contributed by atoms with Crippen molar-refractivity contribution in [3.05, 3.63) is 54.6 Å². The van der Waals surface area contributed by atoms with Crippen LogP contribution in [0.4, 0.5) is 17.1 Å². The number of carbonyl (C=O) groups is 2. The summed E-state index contributed by atoms with van der Waals surface area (Å²) in [5, 5.41) is 8.40. The summed E-state index contributed by atoms with van der Waals surface area (Å²) in [7, 11) is 2.09. The molecule has 2 heterocycles. The highest BCUT2D eigenvalue weighted by molar-refractivity contribution is 6.22. The molecule has 2 saturated heterocycles. The molecule has 150 valence electrons. The molecule has 0 radical (unpaired) electrons. The molecule has 7 nitrogen and oxygen atoms in total. The lowest BCUT2D eigenvalue weighted by atomic mass is 10.2. The molecule has 2 fully saturated rings. The average Bonchev–Trinajstić information content (AvgIpc) is 2.89. The zero-order chi connectivity index (χ0) is 20.2. The maximum absolute atomic E-state index is 13.0. The lowest BCUT2D eigenvalue weighted by Gasteiger charge is -2.25. The number of rotatable bonds is 4. The minimum absolute atomic E-state index is 0.127. The van der Waals surface area contributed by atoms with E-state index in [-0.39, 0.29) is 24.3 Å². The molecular weight excluding hydrogens is 366 g/mol. The van der Waals surface area contributed by atoms with E-state index in [0.29, 0.717) is 11.4 Å². The number of amides is 2. The van der Waals surface area contributed by atoms with E-state index in [1.165, 1.54) is 4.90 Å². The van der Waals surface area contributed by atoms with Gasteiger partial charge in [-0.05, 0) is 56.4 Å². The Morgan fingerprint density at radius 2 is 1.52 bits per heavy atom. The molecule has 2 amide bonds. The standard InChI is InChI=1S/C22H25N5O2/c1-25-12-5-13-26(15-14-25)20-16-21(28)27(22(20)29)19-10-8-18(9-11-19)24-23-17-6-3-2-4-7-17/h2-4,6-11,20H,5,12-16H2,1H3. The molecule has 2 aliphatic rings. The first-order chi connectivity index (χ1) is 14.1. The highest BCUT2D eigenvalue weighted by atomic mass is 16.2. The second-order valence-corrected chi connectivity index (χ2v) is 7.53. The van der Waals surface area contributed by atoms with E-state index in [1.807, 2.05) is 30.3 Å². The SMILES string of the molecule is CN1CCCN(C2CC(=O)N(c3ccc(N=Nc4ccccc4)cc3)C2=O)CC1. The molecule has 0 aliphatic carbocycles. The number of imide groups is 1. The van der Waals surface area contributed by atoms with E-state index in [2.05, 4.69) is 27.1 Å². The van der Waals surface area contributed by atoms with Crippen LogP contribution in [0.15, 0.2) is 64.8 Å². The van der Waals surface area contributed by atoms with Gasteiger partial charge in [0.15, 0.2) is 0 Å². The third-order valence-corrected chi connectivity index (χ3v) is 5.46. The summed E-state index contributed by atoms with van der Waals surface area (Å²) in [6.45, 7) is 3.60. The van der Waals surface area contributed by atoms with Crippen LogP contribution >= 0.6 is 0 Å². The normalized spacial score (nSPS) is 21.8. The number of benzene rings is 2. The van der Waals surface area contributed by atoms with Gasteiger partial charge in [0, 0.05) is 19.6 Å². The molecule has 29 heavy (non-hydrogen) atoms. The fourth-order valence-electron chi connectivity index (χ4n) is 3.83. The minimum atomic E-state index is -0.355. The molecule has 7 heteroatoms. The van der Waals surface area contributed by atoms with Gasteiger partial charge in [-0.3, -0.25) is 14.5 Å². The second-order valence-electron chi connectivity index (χ2n) is 7.53. The van der Waals surface area contributed by atoms with E-state index in [9.17, 15) is 9.59 Å². The Kier molecular flexibility index (Phi) is 5.78. The van der Waals surface area contributed by atoms with E-state index >= 15 is 0 Å². The zero-order valence-electron chi connectivity index (χ0n) is 16.6. The largest absolute Gasteiger partial charge is 0.305 e. The van der Waals surface area contributed by atoms with Gasteiger partial charge < -0.3 is 4.90 Å². The van der Waals surface area contributed by atoms with Crippen LogP contribution in [0.25, 0.3) is 0 Å². The fourth-order valence-corrected chi connectivity index (χ4v) is 3.83. The van der Waals surface area contributed by atoms with Crippen molar-refractivity contribution in [1.82, 2.24) is 9.80 Å². The lowest BCUT2D eigenvalue weighted by molar-refractivity contribution is -0.122. The van der Waals surface area contributed by atoms with Gasteiger partial charge in [-0.2, -0.15) is 10.2 Å². The molecule has 0 N–H and O–H groups in total. The molecule has 2 aromatic carbocycles. The molecule has 0 spiro atoms. The Bertz CT molecular complexity index is 897. The summed E-state index contributed by atoms with van der Waals surface area (Å²) in [5.74, 6) is -0.269. The average molecular weight is 391 g/mol. The van der Waals surface area contributed by atoms with Crippen LogP contribution in [-0.4, -0.2) is 60.9 Å². The predicted molar refractivity (Wildman–Crippen MR) is 112 cm³/mol. The van der Waals surface area contributed by atoms with Gasteiger partial charge in [-0.15, -0.1) is 0 Å². The van der Waals surface area contributed by atoms with E-state index in [0.717, 1.165) is 38.3 Å². The molecular formula is C22H25N5O2. The third-order valence-electron chi connectivity index (χ3n) is 5.46. The van der Waals surface area contributed by atoms with Crippen LogP contribution < -0.4 is 4.90 Å². The maximum Gasteiger partial charge on any atom is 0.251 e. The molecule has 0 aromatic heterocycles. The first kappa shape index (κ1) is 19.4. The van der Waals surface area contributed by atoms with Crippen LogP contribution in [0.2, 0.25) is 0 Å². The van der Waals surface area contributed by atoms with Crippen molar-refractivity contribution in [1.29, 1.82) is 0 Å². The van der Waals surface area contributed by atoms with Gasteiger partial charge in [0.05, 0.1) is 29.5 Å². The van der Waals surface area contributed by atoms with Crippen molar-refractivity contribution in [2.24, 2.45) is 10.2 Å². The summed E-state index contributed by atoms with van der Waals surface area (Å²) in [6, 6.07) is 16.2. The predicted octanol–water partition coefficient (Wildman–Crippen LogP) is 3.37. The minimum Gasteiger partial charge on any atom is -0.305 e. The first-order valence-electron chi connectivity index (χ1n) is 9.98. The smallest absolute Gasteiger partial charge is 0.251 e. The quantitative estimate of drug-likeness (QED) is 0.592. The Labute approximate surface area is 170 Å². The number of anilines is 1. The summed E-state index contributed by atoms with van der Waals surface area (Å²) >= 11 is 0. The van der Waals surface area contributed by atoms with E-state index < -0.39 is 0 Å². The molecule has 4 rings (SSSR count). The molecule has 1 unspecified atom stereocenters. The van der Waals surface area contributed by atoms with Gasteiger partial charge in [-0.25, -0.2) is 4.90 Å². The van der Waals surface area contributed by atoms with Gasteiger partial charge in [-0.1, -0.05) is 18.2 Å². The molecule has 2 aromatic rings. The number of hydrogen-bond donors (Lipinski definition) is 0. The molecule has 0 bridgehead atoms. The van der Waals surface area contributed by atoms with Crippen LogP contribution in [0.1, 0.15) is 12.8 Å². The Hall–Kier alpha value is -2.90. The fraction of sp³-hybridized carbons (Fsp3) is 0.364. The number of azo groups is 1. The Morgan fingerprint density at radius 1 is 0.828 bits per heavy atom. The van der Waals surface area contributed by atoms with Crippen molar-refractivity contribution < 1.29 is 9.59 Å². The van der Waals surface area contributed by atoms with Crippen molar-refractivity contribution >= 4 is 28.9 Å². The number of carbonyl (C=O) groups excluding carboxylic acids is 2. The Morgan fingerprint density at radius 3 is 2.24 bits per heavy atom. The second kappa shape index (κ2) is 8.63. The Balaban J connectivity index is 1.46. The van der Waals surface area contributed by atoms with E-state index in [4.69, 9.17) is 0 Å². The molecule has 2 aliphatic heterocycles. The van der Waals surface area contributed by atoms with Crippen molar-refractivity contribution in [2.75, 3.05) is 38.1 Å². The van der Waals surface area contributed by atoms with Crippen molar-refractivity contribution in [2.45, 2.75) is 18.9 Å². The molecule has 1 atom stereocenters. The zero-order valence-corrected chi connectivity index (χ0v) is 16.6. The van der Waals surface area contributed by atoms with Gasteiger partial charge in [0.2, 0.25) is 5.91 Å². The summed E-state index contributed by atoms with van der Waals surface area (Å²) < 4.78 is 0. The van der Waals surface area contributed by atoms with Gasteiger partial charge in [0.1, 0.15) is 0 Å². The highest BCUT2D eigenvalue weighted by Gasteiger charge is 2.42.